The van der Waals surface area contributed by atoms with Crippen molar-refractivity contribution in [1.82, 2.24) is 10.3 Å². The lowest BCUT2D eigenvalue weighted by atomic mass is 10.0. The lowest BCUT2D eigenvalue weighted by molar-refractivity contribution is 0.423. The molecule has 0 fully saturated rings. The van der Waals surface area contributed by atoms with E-state index < -0.39 is 0 Å². The molecule has 0 saturated heterocycles. The highest BCUT2D eigenvalue weighted by atomic mass is 19.1. The summed E-state index contributed by atoms with van der Waals surface area (Å²) in [7, 11) is 0. The van der Waals surface area contributed by atoms with E-state index in [9.17, 15) is 4.39 Å². The van der Waals surface area contributed by atoms with Crippen LogP contribution in [-0.4, -0.2) is 17.6 Å². The molecule has 0 bridgehead atoms. The number of hydrogen-bond acceptors (Lipinski definition) is 3. The molecule has 0 aliphatic carbocycles. The molecule has 78 valence electrons. The number of nitrogens with one attached hydrogen (secondary N) is 1. The molecule has 0 aromatic heterocycles. The Kier molecular flexibility index (Phi) is 3.71. The van der Waals surface area contributed by atoms with Crippen molar-refractivity contribution in [1.29, 1.82) is 0 Å². The Morgan fingerprint density at radius 1 is 1.86 bits per heavy atom. The highest BCUT2D eigenvalue weighted by Crippen LogP contribution is 2.22. The minimum Gasteiger partial charge on any atom is -0.382 e. The Morgan fingerprint density at radius 2 is 2.57 bits per heavy atom. The van der Waals surface area contributed by atoms with E-state index in [0.29, 0.717) is 12.9 Å². The molecule has 0 aromatic carbocycles. The predicted molar refractivity (Wildman–Crippen MR) is 55.6 cm³/mol. The Balaban J connectivity index is 2.66. The van der Waals surface area contributed by atoms with E-state index in [-0.39, 0.29) is 6.04 Å². The van der Waals surface area contributed by atoms with Gasteiger partial charge in [-0.2, -0.15) is 0 Å². The van der Waals surface area contributed by atoms with Crippen LogP contribution < -0.4 is 11.2 Å². The van der Waals surface area contributed by atoms with E-state index in [0.717, 1.165) is 17.7 Å². The molecule has 1 unspecified atom stereocenters. The van der Waals surface area contributed by atoms with Crippen LogP contribution in [0.25, 0.3) is 0 Å². The molecule has 0 saturated carbocycles. The van der Waals surface area contributed by atoms with Crippen molar-refractivity contribution in [3.05, 3.63) is 36.5 Å². The van der Waals surface area contributed by atoms with Gasteiger partial charge in [-0.1, -0.05) is 19.6 Å². The molecule has 1 aliphatic rings. The van der Waals surface area contributed by atoms with Gasteiger partial charge in [0.1, 0.15) is 6.33 Å². The third-order valence-corrected chi connectivity index (χ3v) is 2.33. The summed E-state index contributed by atoms with van der Waals surface area (Å²) < 4.78 is 11.8. The molecule has 0 radical (unpaired) electrons. The van der Waals surface area contributed by atoms with Crippen molar-refractivity contribution in [3.8, 4) is 0 Å². The van der Waals surface area contributed by atoms with Crippen LogP contribution in [0.3, 0.4) is 0 Å². The van der Waals surface area contributed by atoms with Crippen molar-refractivity contribution in [2.75, 3.05) is 6.54 Å². The lowest BCUT2D eigenvalue weighted by Crippen LogP contribution is -2.31. The zero-order chi connectivity index (χ0) is 10.6. The van der Waals surface area contributed by atoms with Gasteiger partial charge in [0.2, 0.25) is 0 Å². The second-order valence-electron chi connectivity index (χ2n) is 3.18. The second-order valence-corrected chi connectivity index (χ2v) is 3.18. The molecule has 1 heterocycles. The zero-order valence-electron chi connectivity index (χ0n) is 8.33. The number of nitrogens with two attached hydrogens (primary N) is 1. The molecule has 4 heteroatoms. The minimum absolute atomic E-state index is 0.0862. The van der Waals surface area contributed by atoms with Crippen LogP contribution >= 0.6 is 0 Å². The topological polar surface area (TPSA) is 41.3 Å². The summed E-state index contributed by atoms with van der Waals surface area (Å²) in [6.45, 7) is 6.57. The Hall–Kier alpha value is -1.29. The van der Waals surface area contributed by atoms with Crippen molar-refractivity contribution in [2.45, 2.75) is 19.4 Å². The van der Waals surface area contributed by atoms with E-state index in [1.54, 1.807) is 5.01 Å². The second kappa shape index (κ2) is 4.81. The van der Waals surface area contributed by atoms with E-state index >= 15 is 0 Å². The molecule has 0 amide bonds. The van der Waals surface area contributed by atoms with Gasteiger partial charge in [-0.3, -0.25) is 0 Å². The number of hydrogen-bond donors (Lipinski definition) is 2. The SMILES string of the molecule is C=C1C(C(CC)N/C=C\F)=CCN1N. The van der Waals surface area contributed by atoms with Crippen LogP contribution in [0.5, 0.6) is 0 Å². The maximum Gasteiger partial charge on any atom is 0.102 e. The normalized spacial score (nSPS) is 18.9. The molecule has 0 aromatic rings. The molecular weight excluding hydrogens is 181 g/mol. The summed E-state index contributed by atoms with van der Waals surface area (Å²) in [6, 6.07) is 0.0862. The number of nitrogens with zero attached hydrogens (tertiary/aromatic N) is 1. The third kappa shape index (κ3) is 2.14. The fourth-order valence-electron chi connectivity index (χ4n) is 1.51. The average molecular weight is 197 g/mol. The maximum absolute atomic E-state index is 11.8. The van der Waals surface area contributed by atoms with Gasteiger partial charge in [0, 0.05) is 11.9 Å². The fraction of sp³-hybridized carbons (Fsp3) is 0.400. The van der Waals surface area contributed by atoms with Gasteiger partial charge in [-0.25, -0.2) is 10.2 Å². The van der Waals surface area contributed by atoms with Gasteiger partial charge >= 0.3 is 0 Å². The maximum atomic E-state index is 11.8. The molecular formula is C10H16FN3. The highest BCUT2D eigenvalue weighted by molar-refractivity contribution is 5.36. The van der Waals surface area contributed by atoms with Crippen molar-refractivity contribution in [2.24, 2.45) is 5.84 Å². The first-order chi connectivity index (χ1) is 6.70. The summed E-state index contributed by atoms with van der Waals surface area (Å²) in [6.07, 6.45) is 4.65. The lowest BCUT2D eigenvalue weighted by Gasteiger charge is -2.20. The van der Waals surface area contributed by atoms with Gasteiger partial charge in [-0.05, 0) is 12.0 Å². The first-order valence-electron chi connectivity index (χ1n) is 4.63. The van der Waals surface area contributed by atoms with E-state index in [4.69, 9.17) is 5.84 Å². The Bertz CT molecular complexity index is 271. The Morgan fingerprint density at radius 3 is 3.00 bits per heavy atom. The minimum atomic E-state index is 0.0862. The quantitative estimate of drug-likeness (QED) is 0.670. The zero-order valence-corrected chi connectivity index (χ0v) is 8.33. The molecule has 1 rings (SSSR count). The molecule has 1 atom stereocenters. The van der Waals surface area contributed by atoms with E-state index in [1.165, 1.54) is 6.20 Å². The van der Waals surface area contributed by atoms with Gasteiger partial charge in [-0.15, -0.1) is 0 Å². The van der Waals surface area contributed by atoms with Crippen molar-refractivity contribution < 1.29 is 4.39 Å². The fourth-order valence-corrected chi connectivity index (χ4v) is 1.51. The number of rotatable bonds is 4. The number of halogens is 1. The monoisotopic (exact) mass is 197 g/mol. The molecule has 3 nitrogen and oxygen atoms in total. The van der Waals surface area contributed by atoms with Crippen molar-refractivity contribution >= 4 is 0 Å². The van der Waals surface area contributed by atoms with Crippen LogP contribution in [0.4, 0.5) is 4.39 Å². The first-order valence-corrected chi connectivity index (χ1v) is 4.63. The average Bonchev–Trinajstić information content (AvgIpc) is 2.51. The van der Waals surface area contributed by atoms with Crippen molar-refractivity contribution in [3.63, 3.8) is 0 Å². The molecule has 1 aliphatic heterocycles. The third-order valence-electron chi connectivity index (χ3n) is 2.33. The summed E-state index contributed by atoms with van der Waals surface area (Å²) in [5.74, 6) is 5.65. The van der Waals surface area contributed by atoms with Crippen LogP contribution in [0.2, 0.25) is 0 Å². The summed E-state index contributed by atoms with van der Waals surface area (Å²) in [5, 5.41) is 4.53. The Labute approximate surface area is 83.7 Å². The molecule has 3 N–H and O–H groups in total. The van der Waals surface area contributed by atoms with Crippen LogP contribution in [0, 0.1) is 0 Å². The van der Waals surface area contributed by atoms with Gasteiger partial charge in [0.25, 0.3) is 0 Å². The smallest absolute Gasteiger partial charge is 0.102 e. The van der Waals surface area contributed by atoms with Gasteiger partial charge in [0.05, 0.1) is 12.6 Å². The van der Waals surface area contributed by atoms with Gasteiger partial charge < -0.3 is 10.3 Å². The summed E-state index contributed by atoms with van der Waals surface area (Å²) in [5.41, 5.74) is 1.85. The van der Waals surface area contributed by atoms with Crippen LogP contribution in [0.1, 0.15) is 13.3 Å². The van der Waals surface area contributed by atoms with E-state index in [2.05, 4.69) is 11.9 Å². The standard InChI is InChI=1S/C10H16FN3/c1-3-10(13-6-5-11)9-4-7-14(12)8(9)2/h4-6,10,13H,2-3,7,12H2,1H3/b6-5-. The predicted octanol–water partition coefficient (Wildman–Crippen LogP) is 1.42. The largest absolute Gasteiger partial charge is 0.382 e. The molecule has 0 spiro atoms. The highest BCUT2D eigenvalue weighted by Gasteiger charge is 2.21. The summed E-state index contributed by atoms with van der Waals surface area (Å²) in [4.78, 5) is 0. The molecule has 14 heavy (non-hydrogen) atoms. The van der Waals surface area contributed by atoms with Crippen LogP contribution in [0.15, 0.2) is 36.5 Å². The van der Waals surface area contributed by atoms with E-state index in [1.807, 2.05) is 13.0 Å². The first kappa shape index (κ1) is 10.8. The van der Waals surface area contributed by atoms with Gasteiger partial charge in [0.15, 0.2) is 0 Å². The number of hydrazine groups is 1. The summed E-state index contributed by atoms with van der Waals surface area (Å²) >= 11 is 0. The van der Waals surface area contributed by atoms with Crippen LogP contribution in [-0.2, 0) is 0 Å².